The van der Waals surface area contributed by atoms with E-state index in [1.165, 1.54) is 6.08 Å². The zero-order valence-corrected chi connectivity index (χ0v) is 20.5. The topological polar surface area (TPSA) is 140 Å². The summed E-state index contributed by atoms with van der Waals surface area (Å²) < 4.78 is 15.6. The van der Waals surface area contributed by atoms with Gasteiger partial charge in [0.1, 0.15) is 13.2 Å². The quantitative estimate of drug-likeness (QED) is 0.146. The lowest BCUT2D eigenvalue weighted by Gasteiger charge is -2.21. The fraction of sp³-hybridized carbons (Fsp3) is 0.462. The van der Waals surface area contributed by atoms with Gasteiger partial charge in [-0.3, -0.25) is 14.4 Å². The highest BCUT2D eigenvalue weighted by Gasteiger charge is 2.28. The number of aliphatic hydroxyl groups is 1. The maximum atomic E-state index is 12.9. The summed E-state index contributed by atoms with van der Waals surface area (Å²) in [5.74, 6) is -3.09. The molecule has 0 aliphatic rings. The van der Waals surface area contributed by atoms with Gasteiger partial charge in [0.05, 0.1) is 25.7 Å². The Morgan fingerprint density at radius 3 is 2.44 bits per heavy atom. The van der Waals surface area contributed by atoms with Crippen LogP contribution < -0.4 is 10.6 Å². The van der Waals surface area contributed by atoms with E-state index in [9.17, 15) is 19.2 Å². The average Bonchev–Trinajstić information content (AvgIpc) is 2.88. The lowest BCUT2D eigenvalue weighted by atomic mass is 9.99. The average molecular weight is 505 g/mol. The number of nitrogens with one attached hydrogen (secondary N) is 2. The van der Waals surface area contributed by atoms with E-state index in [1.54, 1.807) is 30.3 Å². The first kappa shape index (κ1) is 30.5. The molecule has 1 rings (SSSR count). The Hall–Kier alpha value is -3.50. The first-order valence-electron chi connectivity index (χ1n) is 11.7. The first-order valence-corrected chi connectivity index (χ1v) is 11.7. The minimum absolute atomic E-state index is 0.0205. The van der Waals surface area contributed by atoms with Gasteiger partial charge in [0, 0.05) is 19.4 Å². The van der Waals surface area contributed by atoms with Gasteiger partial charge < -0.3 is 30.0 Å². The first-order chi connectivity index (χ1) is 17.4. The monoisotopic (exact) mass is 504 g/mol. The SMILES string of the molecule is C=CCCC(=O)OCC(NC(=O)C(CC=C)CC(=O)NCCOCCO)C(=O)OCc1ccccc1. The second-order valence-corrected chi connectivity index (χ2v) is 7.78. The van der Waals surface area contributed by atoms with Crippen molar-refractivity contribution in [3.05, 3.63) is 61.2 Å². The molecule has 198 valence electrons. The number of aliphatic hydroxyl groups excluding tert-OH is 1. The molecule has 0 fully saturated rings. The lowest BCUT2D eigenvalue weighted by molar-refractivity contribution is -0.155. The van der Waals surface area contributed by atoms with Crippen molar-refractivity contribution < 1.29 is 38.5 Å². The van der Waals surface area contributed by atoms with Crippen LogP contribution in [0.3, 0.4) is 0 Å². The van der Waals surface area contributed by atoms with Crippen LogP contribution in [0.25, 0.3) is 0 Å². The molecule has 10 nitrogen and oxygen atoms in total. The van der Waals surface area contributed by atoms with Crippen LogP contribution in [-0.4, -0.2) is 67.9 Å². The standard InChI is InChI=1S/C26H36N2O8/c1-3-5-12-24(31)35-19-22(26(33)36-18-20-10-7-6-8-11-20)28-25(32)21(9-4-2)17-23(30)27-13-15-34-16-14-29/h3-4,6-8,10-11,21-22,29H,1-2,5,9,12-19H2,(H,27,30)(H,28,32). The van der Waals surface area contributed by atoms with Gasteiger partial charge in [0.15, 0.2) is 6.04 Å². The Morgan fingerprint density at radius 2 is 1.78 bits per heavy atom. The number of carbonyl (C=O) groups is 4. The number of hydrogen-bond donors (Lipinski definition) is 3. The Balaban J connectivity index is 2.76. The third kappa shape index (κ3) is 13.4. The Bertz CT molecular complexity index is 844. The molecule has 0 saturated carbocycles. The summed E-state index contributed by atoms with van der Waals surface area (Å²) >= 11 is 0. The number of carbonyl (C=O) groups excluding carboxylic acids is 4. The number of ether oxygens (including phenoxy) is 3. The van der Waals surface area contributed by atoms with Crippen molar-refractivity contribution in [2.24, 2.45) is 5.92 Å². The van der Waals surface area contributed by atoms with Gasteiger partial charge in [0.25, 0.3) is 0 Å². The summed E-state index contributed by atoms with van der Waals surface area (Å²) in [6.07, 6.45) is 3.60. The zero-order valence-electron chi connectivity index (χ0n) is 20.5. The molecule has 2 unspecified atom stereocenters. The number of hydrogen-bond acceptors (Lipinski definition) is 8. The Labute approximate surface area is 211 Å². The van der Waals surface area contributed by atoms with Gasteiger partial charge in [-0.05, 0) is 18.4 Å². The van der Waals surface area contributed by atoms with Crippen LogP contribution in [0.5, 0.6) is 0 Å². The third-order valence-corrected chi connectivity index (χ3v) is 4.85. The minimum Gasteiger partial charge on any atom is -0.463 e. The molecule has 2 amide bonds. The maximum Gasteiger partial charge on any atom is 0.332 e. The van der Waals surface area contributed by atoms with Crippen molar-refractivity contribution in [1.82, 2.24) is 10.6 Å². The van der Waals surface area contributed by atoms with Gasteiger partial charge in [-0.25, -0.2) is 4.79 Å². The molecule has 0 aromatic heterocycles. The number of allylic oxidation sites excluding steroid dienone is 2. The molecule has 36 heavy (non-hydrogen) atoms. The predicted octanol–water partition coefficient (Wildman–Crippen LogP) is 1.43. The molecule has 1 aromatic carbocycles. The molecule has 10 heteroatoms. The van der Waals surface area contributed by atoms with Crippen molar-refractivity contribution in [2.45, 2.75) is 38.3 Å². The predicted molar refractivity (Wildman–Crippen MR) is 132 cm³/mol. The molecule has 0 aliphatic heterocycles. The molecule has 2 atom stereocenters. The van der Waals surface area contributed by atoms with Crippen LogP contribution in [0.1, 0.15) is 31.2 Å². The number of rotatable bonds is 19. The van der Waals surface area contributed by atoms with Crippen LogP contribution >= 0.6 is 0 Å². The summed E-state index contributed by atoms with van der Waals surface area (Å²) in [6, 6.07) is 7.74. The molecule has 1 aromatic rings. The summed E-state index contributed by atoms with van der Waals surface area (Å²) in [6.45, 7) is 7.22. The van der Waals surface area contributed by atoms with Crippen molar-refractivity contribution in [1.29, 1.82) is 0 Å². The second-order valence-electron chi connectivity index (χ2n) is 7.78. The van der Waals surface area contributed by atoms with Crippen LogP contribution in [-0.2, 0) is 40.0 Å². The summed E-state index contributed by atoms with van der Waals surface area (Å²) in [4.78, 5) is 49.8. The van der Waals surface area contributed by atoms with Crippen molar-refractivity contribution >= 4 is 23.8 Å². The summed E-state index contributed by atoms with van der Waals surface area (Å²) in [5, 5.41) is 13.9. The van der Waals surface area contributed by atoms with E-state index < -0.39 is 36.4 Å². The molecule has 0 spiro atoms. The summed E-state index contributed by atoms with van der Waals surface area (Å²) in [5.41, 5.74) is 0.753. The molecule has 3 N–H and O–H groups in total. The van der Waals surface area contributed by atoms with E-state index >= 15 is 0 Å². The fourth-order valence-corrected chi connectivity index (χ4v) is 2.97. The van der Waals surface area contributed by atoms with E-state index in [0.29, 0.717) is 6.42 Å². The number of amides is 2. The van der Waals surface area contributed by atoms with Gasteiger partial charge in [-0.2, -0.15) is 0 Å². The summed E-state index contributed by atoms with van der Waals surface area (Å²) in [7, 11) is 0. The van der Waals surface area contributed by atoms with E-state index in [-0.39, 0.29) is 58.1 Å². The van der Waals surface area contributed by atoms with Gasteiger partial charge in [-0.1, -0.05) is 42.5 Å². The Kier molecular flexibility index (Phi) is 15.9. The normalized spacial score (nSPS) is 12.0. The highest BCUT2D eigenvalue weighted by molar-refractivity contribution is 5.89. The highest BCUT2D eigenvalue weighted by Crippen LogP contribution is 2.11. The molecular weight excluding hydrogens is 468 g/mol. The van der Waals surface area contributed by atoms with Crippen LogP contribution in [0, 0.1) is 5.92 Å². The second kappa shape index (κ2) is 18.8. The van der Waals surface area contributed by atoms with E-state index in [2.05, 4.69) is 23.8 Å². The lowest BCUT2D eigenvalue weighted by Crippen LogP contribution is -2.48. The molecule has 0 aliphatic carbocycles. The maximum absolute atomic E-state index is 12.9. The van der Waals surface area contributed by atoms with Crippen LogP contribution in [0.15, 0.2) is 55.6 Å². The van der Waals surface area contributed by atoms with E-state index in [1.807, 2.05) is 6.07 Å². The van der Waals surface area contributed by atoms with Gasteiger partial charge >= 0.3 is 11.9 Å². The Morgan fingerprint density at radius 1 is 1.03 bits per heavy atom. The van der Waals surface area contributed by atoms with Crippen molar-refractivity contribution in [2.75, 3.05) is 33.0 Å². The molecule has 0 bridgehead atoms. The third-order valence-electron chi connectivity index (χ3n) is 4.85. The number of benzene rings is 1. The van der Waals surface area contributed by atoms with Crippen molar-refractivity contribution in [3.8, 4) is 0 Å². The smallest absolute Gasteiger partial charge is 0.332 e. The minimum atomic E-state index is -1.25. The van der Waals surface area contributed by atoms with E-state index in [0.717, 1.165) is 5.56 Å². The molecule has 0 saturated heterocycles. The molecule has 0 heterocycles. The fourth-order valence-electron chi connectivity index (χ4n) is 2.97. The highest BCUT2D eigenvalue weighted by atomic mass is 16.6. The number of esters is 2. The van der Waals surface area contributed by atoms with E-state index in [4.69, 9.17) is 19.3 Å². The largest absolute Gasteiger partial charge is 0.463 e. The van der Waals surface area contributed by atoms with Crippen LogP contribution in [0.4, 0.5) is 0 Å². The van der Waals surface area contributed by atoms with Crippen molar-refractivity contribution in [3.63, 3.8) is 0 Å². The molecule has 0 radical (unpaired) electrons. The van der Waals surface area contributed by atoms with Gasteiger partial charge in [0.2, 0.25) is 11.8 Å². The van der Waals surface area contributed by atoms with Gasteiger partial charge in [-0.15, -0.1) is 13.2 Å². The molecular formula is C26H36N2O8. The zero-order chi connectivity index (χ0) is 26.6. The van der Waals surface area contributed by atoms with Crippen LogP contribution in [0.2, 0.25) is 0 Å².